The summed E-state index contributed by atoms with van der Waals surface area (Å²) < 4.78 is 9.49. The van der Waals surface area contributed by atoms with Gasteiger partial charge in [0.25, 0.3) is 6.71 Å². The molecule has 0 atom stereocenters. The minimum absolute atomic E-state index is 0.200. The molecule has 4 nitrogen and oxygen atoms in total. The number of nitrogens with zero attached hydrogens (tertiary/aromatic N) is 3. The lowest BCUT2D eigenvalue weighted by molar-refractivity contribution is 0.590. The van der Waals surface area contributed by atoms with Gasteiger partial charge in [-0.2, -0.15) is 0 Å². The van der Waals surface area contributed by atoms with Crippen molar-refractivity contribution in [2.45, 2.75) is 52.4 Å². The maximum Gasteiger partial charge on any atom is 0.252 e. The molecular formula is C86H66BN3O. The number of hydrogen-bond acceptors (Lipinski definition) is 3. The Morgan fingerprint density at radius 3 is 1.48 bits per heavy atom. The molecule has 91 heavy (non-hydrogen) atoms. The number of hydrogen-bond donors (Lipinski definition) is 0. The van der Waals surface area contributed by atoms with Crippen molar-refractivity contribution in [3.8, 4) is 61.3 Å². The van der Waals surface area contributed by atoms with Crippen molar-refractivity contribution in [2.24, 2.45) is 0 Å². The molecule has 0 amide bonds. The molecule has 2 aliphatic heterocycles. The summed E-state index contributed by atoms with van der Waals surface area (Å²) in [4.78, 5) is 5.43. The van der Waals surface area contributed by atoms with Crippen LogP contribution in [-0.4, -0.2) is 11.3 Å². The van der Waals surface area contributed by atoms with Crippen LogP contribution in [0.1, 0.15) is 51.7 Å². The van der Waals surface area contributed by atoms with E-state index in [2.05, 4.69) is 333 Å². The third kappa shape index (κ3) is 8.89. The average molecular weight is 1170 g/mol. The Kier molecular flexibility index (Phi) is 13.0. The molecule has 0 bridgehead atoms. The number of unbranched alkanes of at least 4 members (excludes halogenated alkanes) is 1. The number of fused-ring (bicyclic) bond motifs is 10. The molecule has 0 saturated heterocycles. The average Bonchev–Trinajstić information content (AvgIpc) is 0.831. The number of benzene rings is 13. The molecule has 5 heteroatoms. The smallest absolute Gasteiger partial charge is 0.252 e. The van der Waals surface area contributed by atoms with Gasteiger partial charge in [0.15, 0.2) is 0 Å². The molecule has 0 saturated carbocycles. The summed E-state index contributed by atoms with van der Waals surface area (Å²) in [6.45, 7) is 9.27. The molecular weight excluding hydrogens is 1100 g/mol. The number of anilines is 6. The van der Waals surface area contributed by atoms with Crippen LogP contribution >= 0.6 is 0 Å². The molecule has 4 heterocycles. The van der Waals surface area contributed by atoms with E-state index < -0.39 is 0 Å². The highest BCUT2D eigenvalue weighted by Gasteiger charge is 2.46. The Morgan fingerprint density at radius 1 is 0.385 bits per heavy atom. The summed E-state index contributed by atoms with van der Waals surface area (Å²) in [6.07, 6.45) is 2.93. The second kappa shape index (κ2) is 21.7. The first-order valence-electron chi connectivity index (χ1n) is 32.2. The van der Waals surface area contributed by atoms with E-state index in [-0.39, 0.29) is 12.1 Å². The SMILES string of the molecule is CCCCc1cc2oc3ccccc3c2c(-c2ccccc2)c1N1c2ccc(-c3ccccc3)cc2B2c3ccc(-n4c5ccccc5c5ccccc54)cc3N(c3c(-c4ccccc4)cc(-c4ccccc4)cc3-c3ccccc3)c3cc(C(C)(C)C)cc1c32. The molecule has 0 aliphatic carbocycles. The van der Waals surface area contributed by atoms with E-state index in [1.165, 1.54) is 88.6 Å². The van der Waals surface area contributed by atoms with Crippen LogP contribution in [-0.2, 0) is 11.8 Å². The number of furan rings is 1. The van der Waals surface area contributed by atoms with Gasteiger partial charge >= 0.3 is 0 Å². The summed E-state index contributed by atoms with van der Waals surface area (Å²) in [7, 11) is 0. The highest BCUT2D eigenvalue weighted by molar-refractivity contribution is 7.00. The Bertz CT molecular complexity index is 5200. The number of aromatic nitrogens is 1. The van der Waals surface area contributed by atoms with E-state index in [9.17, 15) is 0 Å². The van der Waals surface area contributed by atoms with Gasteiger partial charge < -0.3 is 18.8 Å². The molecule has 0 unspecified atom stereocenters. The minimum Gasteiger partial charge on any atom is -0.456 e. The number of rotatable bonds is 11. The topological polar surface area (TPSA) is 24.6 Å². The Balaban J connectivity index is 1.07. The molecule has 15 aromatic rings. The summed E-state index contributed by atoms with van der Waals surface area (Å²) in [5.41, 5.74) is 29.8. The number of para-hydroxylation sites is 3. The van der Waals surface area contributed by atoms with Crippen LogP contribution in [0, 0.1) is 0 Å². The molecule has 0 N–H and O–H groups in total. The molecule has 2 aromatic heterocycles. The molecule has 17 rings (SSSR count). The van der Waals surface area contributed by atoms with Crippen molar-refractivity contribution in [1.82, 2.24) is 4.57 Å². The van der Waals surface area contributed by atoms with Crippen LogP contribution in [0.4, 0.5) is 34.1 Å². The van der Waals surface area contributed by atoms with Gasteiger partial charge in [-0.05, 0) is 151 Å². The van der Waals surface area contributed by atoms with Crippen molar-refractivity contribution in [2.75, 3.05) is 9.80 Å². The van der Waals surface area contributed by atoms with E-state index in [1.54, 1.807) is 0 Å². The fraction of sp³-hybridized carbons (Fsp3) is 0.0930. The van der Waals surface area contributed by atoms with Gasteiger partial charge in [0.2, 0.25) is 0 Å². The van der Waals surface area contributed by atoms with Crippen LogP contribution in [0.2, 0.25) is 0 Å². The largest absolute Gasteiger partial charge is 0.456 e. The lowest BCUT2D eigenvalue weighted by Crippen LogP contribution is -2.61. The van der Waals surface area contributed by atoms with E-state index in [0.29, 0.717) is 0 Å². The lowest BCUT2D eigenvalue weighted by Gasteiger charge is -2.46. The van der Waals surface area contributed by atoms with E-state index in [0.717, 1.165) is 97.3 Å². The third-order valence-electron chi connectivity index (χ3n) is 19.3. The van der Waals surface area contributed by atoms with Gasteiger partial charge in [0, 0.05) is 66.7 Å². The highest BCUT2D eigenvalue weighted by Crippen LogP contribution is 2.55. The fourth-order valence-electron chi connectivity index (χ4n) is 15.0. The van der Waals surface area contributed by atoms with Gasteiger partial charge in [0.1, 0.15) is 11.2 Å². The molecule has 0 radical (unpaired) electrons. The van der Waals surface area contributed by atoms with Crippen molar-refractivity contribution in [1.29, 1.82) is 0 Å². The van der Waals surface area contributed by atoms with Gasteiger partial charge in [-0.1, -0.05) is 259 Å². The summed E-state index contributed by atoms with van der Waals surface area (Å²) >= 11 is 0. The van der Waals surface area contributed by atoms with Crippen LogP contribution < -0.4 is 26.2 Å². The predicted octanol–water partition coefficient (Wildman–Crippen LogP) is 21.7. The summed E-state index contributed by atoms with van der Waals surface area (Å²) in [5, 5.41) is 4.71. The first-order chi connectivity index (χ1) is 44.8. The summed E-state index contributed by atoms with van der Waals surface area (Å²) in [6, 6.07) is 109. The van der Waals surface area contributed by atoms with Gasteiger partial charge in [0.05, 0.1) is 22.4 Å². The zero-order valence-electron chi connectivity index (χ0n) is 51.7. The fourth-order valence-corrected chi connectivity index (χ4v) is 15.0. The van der Waals surface area contributed by atoms with E-state index in [1.807, 2.05) is 0 Å². The first kappa shape index (κ1) is 54.3. The monoisotopic (exact) mass is 1170 g/mol. The van der Waals surface area contributed by atoms with Gasteiger partial charge in [-0.25, -0.2) is 0 Å². The van der Waals surface area contributed by atoms with Gasteiger partial charge in [-0.15, -0.1) is 0 Å². The quantitative estimate of drug-likeness (QED) is 0.121. The molecule has 434 valence electrons. The third-order valence-corrected chi connectivity index (χ3v) is 19.3. The maximum absolute atomic E-state index is 7.00. The molecule has 13 aromatic carbocycles. The number of aryl methyl sites for hydroxylation is 1. The Hall–Kier alpha value is -10.9. The van der Waals surface area contributed by atoms with Gasteiger partial charge in [-0.3, -0.25) is 0 Å². The highest BCUT2D eigenvalue weighted by atomic mass is 16.3. The van der Waals surface area contributed by atoms with Crippen LogP contribution in [0.15, 0.2) is 296 Å². The Morgan fingerprint density at radius 2 is 0.901 bits per heavy atom. The second-order valence-electron chi connectivity index (χ2n) is 25.8. The second-order valence-corrected chi connectivity index (χ2v) is 25.8. The molecule has 0 spiro atoms. The first-order valence-corrected chi connectivity index (χ1v) is 32.2. The van der Waals surface area contributed by atoms with Crippen molar-refractivity contribution < 1.29 is 4.42 Å². The van der Waals surface area contributed by atoms with Crippen LogP contribution in [0.25, 0.3) is 105 Å². The van der Waals surface area contributed by atoms with Crippen molar-refractivity contribution >= 4 is 101 Å². The normalized spacial score (nSPS) is 12.7. The lowest BCUT2D eigenvalue weighted by atomic mass is 9.33. The zero-order valence-corrected chi connectivity index (χ0v) is 51.7. The predicted molar refractivity (Wildman–Crippen MR) is 387 cm³/mol. The molecule has 0 fully saturated rings. The zero-order chi connectivity index (χ0) is 60.9. The van der Waals surface area contributed by atoms with Crippen molar-refractivity contribution in [3.63, 3.8) is 0 Å². The minimum atomic E-state index is -0.291. The van der Waals surface area contributed by atoms with Crippen LogP contribution in [0.3, 0.4) is 0 Å². The standard InChI is InChI=1S/C86H66BN3O/c1-5-6-28-62-52-80-82(68-41-24-27-44-79(68)91-80)81(60-37-20-11-21-38-60)84(62)89-75-48-45-61(56-29-12-7-13-30-56)51-72(75)87-71-47-46-65(88-73-42-25-22-39-66(73)67-40-23-26-43-74(67)88)55-76(71)90(78-54-64(86(2,3)4)53-77(89)83(78)87)85-69(58-33-16-9-17-34-58)49-63(57-31-14-8-15-32-57)50-70(85)59-35-18-10-19-36-59/h7-27,29-55H,5-6,28H2,1-4H3. The summed E-state index contributed by atoms with van der Waals surface area (Å²) in [5.74, 6) is 0. The van der Waals surface area contributed by atoms with E-state index in [4.69, 9.17) is 4.42 Å². The Labute approximate surface area is 532 Å². The maximum atomic E-state index is 7.00. The molecule has 2 aliphatic rings. The van der Waals surface area contributed by atoms with E-state index >= 15 is 0 Å². The van der Waals surface area contributed by atoms with Crippen molar-refractivity contribution in [3.05, 3.63) is 302 Å². The van der Waals surface area contributed by atoms with Crippen LogP contribution in [0.5, 0.6) is 0 Å².